The molecule has 1 unspecified atom stereocenters. The van der Waals surface area contributed by atoms with Gasteiger partial charge in [-0.05, 0) is 31.2 Å². The Kier molecular flexibility index (Phi) is 7.30. The van der Waals surface area contributed by atoms with Gasteiger partial charge in [0.05, 0.1) is 19.1 Å². The molecule has 0 heterocycles. The van der Waals surface area contributed by atoms with Gasteiger partial charge >= 0.3 is 5.97 Å². The number of hydrogen-bond donors (Lipinski definition) is 1. The molecular weight excluding hydrogens is 377 g/mol. The van der Waals surface area contributed by atoms with E-state index in [1.807, 2.05) is 0 Å². The average Bonchev–Trinajstić information content (AvgIpc) is 2.61. The third-order valence-electron chi connectivity index (χ3n) is 3.61. The molecule has 0 bridgehead atoms. The summed E-state index contributed by atoms with van der Waals surface area (Å²) >= 11 is 12.0. The summed E-state index contributed by atoms with van der Waals surface area (Å²) in [4.78, 5) is 23.8. The second-order valence-corrected chi connectivity index (χ2v) is 6.52. The maximum Gasteiger partial charge on any atom is 0.307 e. The van der Waals surface area contributed by atoms with Crippen molar-refractivity contribution in [3.05, 3.63) is 63.6 Å². The van der Waals surface area contributed by atoms with Crippen molar-refractivity contribution < 1.29 is 19.1 Å². The lowest BCUT2D eigenvalue weighted by Gasteiger charge is -2.15. The van der Waals surface area contributed by atoms with Gasteiger partial charge < -0.3 is 14.8 Å². The first-order chi connectivity index (χ1) is 12.4. The number of esters is 1. The van der Waals surface area contributed by atoms with Crippen LogP contribution in [0.3, 0.4) is 0 Å². The standard InChI is InChI=1S/C19H19Cl2NO4/c1-12(9-18(23)25-2)22-19(24)15-5-3-4-6-17(15)26-11-13-7-8-14(20)10-16(13)21/h3-8,10,12H,9,11H2,1-2H3,(H,22,24). The van der Waals surface area contributed by atoms with E-state index in [2.05, 4.69) is 10.1 Å². The number of para-hydroxylation sites is 1. The van der Waals surface area contributed by atoms with Gasteiger partial charge in [0.15, 0.2) is 0 Å². The molecule has 26 heavy (non-hydrogen) atoms. The monoisotopic (exact) mass is 395 g/mol. The molecule has 1 amide bonds. The highest BCUT2D eigenvalue weighted by Crippen LogP contribution is 2.24. The van der Waals surface area contributed by atoms with Gasteiger partial charge in [-0.1, -0.05) is 41.4 Å². The molecule has 0 spiro atoms. The summed E-state index contributed by atoms with van der Waals surface area (Å²) in [6.45, 7) is 1.92. The number of nitrogens with one attached hydrogen (secondary N) is 1. The van der Waals surface area contributed by atoms with Gasteiger partial charge in [0.2, 0.25) is 0 Å². The number of carbonyl (C=O) groups excluding carboxylic acids is 2. The van der Waals surface area contributed by atoms with Crippen molar-refractivity contribution in [1.82, 2.24) is 5.32 Å². The quantitative estimate of drug-likeness (QED) is 0.711. The normalized spacial score (nSPS) is 11.5. The molecule has 0 aromatic heterocycles. The van der Waals surface area contributed by atoms with Crippen LogP contribution in [0, 0.1) is 0 Å². The van der Waals surface area contributed by atoms with E-state index >= 15 is 0 Å². The molecule has 2 aromatic rings. The van der Waals surface area contributed by atoms with Crippen molar-refractivity contribution in [2.75, 3.05) is 7.11 Å². The number of amides is 1. The molecular formula is C19H19Cl2NO4. The minimum Gasteiger partial charge on any atom is -0.488 e. The fourth-order valence-corrected chi connectivity index (χ4v) is 2.72. The van der Waals surface area contributed by atoms with Crippen LogP contribution in [0.25, 0.3) is 0 Å². The van der Waals surface area contributed by atoms with E-state index < -0.39 is 0 Å². The molecule has 1 N–H and O–H groups in total. The van der Waals surface area contributed by atoms with Crippen molar-refractivity contribution >= 4 is 35.1 Å². The molecule has 0 radical (unpaired) electrons. The van der Waals surface area contributed by atoms with Crippen molar-refractivity contribution in [3.8, 4) is 5.75 Å². The van der Waals surface area contributed by atoms with Crippen LogP contribution < -0.4 is 10.1 Å². The maximum atomic E-state index is 12.5. The van der Waals surface area contributed by atoms with Crippen LogP contribution in [0.4, 0.5) is 0 Å². The van der Waals surface area contributed by atoms with E-state index in [0.29, 0.717) is 21.4 Å². The lowest BCUT2D eigenvalue weighted by atomic mass is 10.1. The van der Waals surface area contributed by atoms with Crippen LogP contribution in [-0.4, -0.2) is 25.0 Å². The Labute approximate surface area is 162 Å². The van der Waals surface area contributed by atoms with Gasteiger partial charge in [-0.2, -0.15) is 0 Å². The lowest BCUT2D eigenvalue weighted by molar-refractivity contribution is -0.141. The van der Waals surface area contributed by atoms with Crippen LogP contribution in [-0.2, 0) is 16.1 Å². The lowest BCUT2D eigenvalue weighted by Crippen LogP contribution is -2.34. The minimum absolute atomic E-state index is 0.0889. The summed E-state index contributed by atoms with van der Waals surface area (Å²) < 4.78 is 10.4. The van der Waals surface area contributed by atoms with Crippen molar-refractivity contribution in [2.45, 2.75) is 26.0 Å². The van der Waals surface area contributed by atoms with Gasteiger partial charge in [0.1, 0.15) is 12.4 Å². The number of benzene rings is 2. The van der Waals surface area contributed by atoms with Gasteiger partial charge in [0.25, 0.3) is 5.91 Å². The molecule has 0 saturated carbocycles. The molecule has 7 heteroatoms. The largest absolute Gasteiger partial charge is 0.488 e. The predicted octanol–water partition coefficient (Wildman–Crippen LogP) is 4.25. The summed E-state index contributed by atoms with van der Waals surface area (Å²) in [5, 5.41) is 3.79. The Morgan fingerprint density at radius 2 is 1.88 bits per heavy atom. The molecule has 5 nitrogen and oxygen atoms in total. The van der Waals surface area contributed by atoms with E-state index in [1.165, 1.54) is 7.11 Å². The zero-order valence-electron chi connectivity index (χ0n) is 14.4. The Morgan fingerprint density at radius 1 is 1.15 bits per heavy atom. The smallest absolute Gasteiger partial charge is 0.307 e. The second-order valence-electron chi connectivity index (χ2n) is 5.68. The van der Waals surface area contributed by atoms with E-state index in [1.54, 1.807) is 49.4 Å². The van der Waals surface area contributed by atoms with Crippen molar-refractivity contribution in [2.24, 2.45) is 0 Å². The van der Waals surface area contributed by atoms with Crippen LogP contribution in [0.1, 0.15) is 29.3 Å². The summed E-state index contributed by atoms with van der Waals surface area (Å²) in [7, 11) is 1.31. The van der Waals surface area contributed by atoms with Crippen LogP contribution in [0.5, 0.6) is 5.75 Å². The van der Waals surface area contributed by atoms with Gasteiger partial charge in [-0.3, -0.25) is 9.59 Å². The number of halogens is 2. The highest BCUT2D eigenvalue weighted by atomic mass is 35.5. The van der Waals surface area contributed by atoms with Crippen molar-refractivity contribution in [1.29, 1.82) is 0 Å². The number of ether oxygens (including phenoxy) is 2. The highest BCUT2D eigenvalue weighted by Gasteiger charge is 2.17. The zero-order valence-corrected chi connectivity index (χ0v) is 15.9. The summed E-state index contributed by atoms with van der Waals surface area (Å²) in [6, 6.07) is 11.6. The maximum absolute atomic E-state index is 12.5. The topological polar surface area (TPSA) is 64.6 Å². The first-order valence-electron chi connectivity index (χ1n) is 7.94. The van der Waals surface area contributed by atoms with Gasteiger partial charge in [-0.25, -0.2) is 0 Å². The zero-order chi connectivity index (χ0) is 19.1. The van der Waals surface area contributed by atoms with Crippen LogP contribution in [0.2, 0.25) is 10.0 Å². The summed E-state index contributed by atoms with van der Waals surface area (Å²) in [5.41, 5.74) is 1.12. The molecule has 138 valence electrons. The third kappa shape index (κ3) is 5.64. The molecule has 0 aliphatic rings. The highest BCUT2D eigenvalue weighted by molar-refractivity contribution is 6.35. The summed E-state index contributed by atoms with van der Waals surface area (Å²) in [6.07, 6.45) is 0.0889. The molecule has 0 fully saturated rings. The second kappa shape index (κ2) is 9.46. The number of carbonyl (C=O) groups is 2. The third-order valence-corrected chi connectivity index (χ3v) is 4.19. The van der Waals surface area contributed by atoms with Gasteiger partial charge in [-0.15, -0.1) is 0 Å². The molecule has 2 rings (SSSR count). The van der Waals surface area contributed by atoms with E-state index in [4.69, 9.17) is 27.9 Å². The first-order valence-corrected chi connectivity index (χ1v) is 8.69. The van der Waals surface area contributed by atoms with Gasteiger partial charge in [0, 0.05) is 21.7 Å². The molecule has 2 aromatic carbocycles. The first kappa shape index (κ1) is 20.1. The van der Waals surface area contributed by atoms with E-state index in [0.717, 1.165) is 5.56 Å². The SMILES string of the molecule is COC(=O)CC(C)NC(=O)c1ccccc1OCc1ccc(Cl)cc1Cl. The van der Waals surface area contributed by atoms with Crippen LogP contribution in [0.15, 0.2) is 42.5 Å². The molecule has 1 atom stereocenters. The Hall–Kier alpha value is -2.24. The summed E-state index contributed by atoms with van der Waals surface area (Å²) in [5.74, 6) is -0.305. The number of hydrogen-bond acceptors (Lipinski definition) is 4. The van der Waals surface area contributed by atoms with Crippen LogP contribution >= 0.6 is 23.2 Å². The molecule has 0 aliphatic heterocycles. The molecule has 0 aliphatic carbocycles. The predicted molar refractivity (Wildman–Crippen MR) is 101 cm³/mol. The number of rotatable bonds is 7. The fraction of sp³-hybridized carbons (Fsp3) is 0.263. The van der Waals surface area contributed by atoms with Crippen molar-refractivity contribution in [3.63, 3.8) is 0 Å². The minimum atomic E-state index is -0.389. The Morgan fingerprint density at radius 3 is 2.58 bits per heavy atom. The molecule has 0 saturated heterocycles. The Bertz CT molecular complexity index is 795. The average molecular weight is 396 g/mol. The Balaban J connectivity index is 2.07. The van der Waals surface area contributed by atoms with E-state index in [9.17, 15) is 9.59 Å². The fourth-order valence-electron chi connectivity index (χ4n) is 2.26. The number of methoxy groups -OCH3 is 1. The van der Waals surface area contributed by atoms with E-state index in [-0.39, 0.29) is 30.9 Å².